The van der Waals surface area contributed by atoms with Crippen molar-refractivity contribution in [2.45, 2.75) is 13.0 Å². The molecule has 5 heteroatoms. The van der Waals surface area contributed by atoms with Crippen LogP contribution in [0.3, 0.4) is 0 Å². The molecule has 0 amide bonds. The van der Waals surface area contributed by atoms with Crippen molar-refractivity contribution in [1.82, 2.24) is 10.3 Å². The van der Waals surface area contributed by atoms with Crippen molar-refractivity contribution in [2.24, 2.45) is 0 Å². The fourth-order valence-electron chi connectivity index (χ4n) is 1.54. The molecule has 0 saturated heterocycles. The lowest BCUT2D eigenvalue weighted by atomic mass is 10.1. The molecular weight excluding hydrogens is 311 g/mol. The second kappa shape index (κ2) is 6.12. The summed E-state index contributed by atoms with van der Waals surface area (Å²) in [6, 6.07) is 8.45. The Labute approximate surface area is 119 Å². The molecule has 0 spiro atoms. The minimum absolute atomic E-state index is 0.238. The zero-order chi connectivity index (χ0) is 13.8. The fraction of sp³-hybridized carbons (Fsp3) is 0.214. The van der Waals surface area contributed by atoms with Crippen LogP contribution in [0.15, 0.2) is 41.0 Å². The van der Waals surface area contributed by atoms with Crippen LogP contribution in [0.5, 0.6) is 11.6 Å². The van der Waals surface area contributed by atoms with Crippen LogP contribution < -0.4 is 10.1 Å². The Morgan fingerprint density at radius 2 is 2.11 bits per heavy atom. The lowest BCUT2D eigenvalue weighted by Crippen LogP contribution is -2.12. The monoisotopic (exact) mass is 324 g/mol. The van der Waals surface area contributed by atoms with Gasteiger partial charge in [-0.25, -0.2) is 9.37 Å². The van der Waals surface area contributed by atoms with E-state index >= 15 is 0 Å². The number of nitrogens with zero attached hydrogens (tertiary/aromatic N) is 1. The van der Waals surface area contributed by atoms with Crippen LogP contribution in [0.25, 0.3) is 0 Å². The van der Waals surface area contributed by atoms with E-state index in [9.17, 15) is 4.39 Å². The molecule has 0 aliphatic carbocycles. The zero-order valence-corrected chi connectivity index (χ0v) is 12.2. The molecule has 1 atom stereocenters. The normalized spacial score (nSPS) is 12.2. The summed E-state index contributed by atoms with van der Waals surface area (Å²) in [7, 11) is 1.89. The first-order chi connectivity index (χ1) is 9.10. The Morgan fingerprint density at radius 3 is 2.68 bits per heavy atom. The summed E-state index contributed by atoms with van der Waals surface area (Å²) in [5, 5.41) is 3.14. The number of hydrogen-bond acceptors (Lipinski definition) is 3. The first-order valence-electron chi connectivity index (χ1n) is 5.86. The van der Waals surface area contributed by atoms with E-state index in [2.05, 4.69) is 33.2 Å². The van der Waals surface area contributed by atoms with Crippen molar-refractivity contribution in [3.05, 3.63) is 52.4 Å². The van der Waals surface area contributed by atoms with E-state index < -0.39 is 0 Å². The van der Waals surface area contributed by atoms with Gasteiger partial charge in [0.25, 0.3) is 0 Å². The Morgan fingerprint density at radius 1 is 1.32 bits per heavy atom. The average molecular weight is 325 g/mol. The summed E-state index contributed by atoms with van der Waals surface area (Å²) < 4.78 is 19.0. The van der Waals surface area contributed by atoms with Gasteiger partial charge >= 0.3 is 0 Å². The second-order valence-corrected chi connectivity index (χ2v) is 4.97. The molecule has 0 fully saturated rings. The molecule has 0 aliphatic heterocycles. The topological polar surface area (TPSA) is 34.1 Å². The van der Waals surface area contributed by atoms with Gasteiger partial charge in [-0.15, -0.1) is 0 Å². The summed E-state index contributed by atoms with van der Waals surface area (Å²) in [4.78, 5) is 4.22. The molecule has 1 aromatic carbocycles. The van der Waals surface area contributed by atoms with Crippen LogP contribution >= 0.6 is 15.9 Å². The molecule has 3 nitrogen and oxygen atoms in total. The van der Waals surface area contributed by atoms with E-state index in [0.29, 0.717) is 16.1 Å². The highest BCUT2D eigenvalue weighted by molar-refractivity contribution is 9.10. The van der Waals surface area contributed by atoms with Gasteiger partial charge in [0.1, 0.15) is 11.6 Å². The highest BCUT2D eigenvalue weighted by Crippen LogP contribution is 2.25. The number of nitrogens with one attached hydrogen (secondary N) is 1. The largest absolute Gasteiger partial charge is 0.439 e. The van der Waals surface area contributed by atoms with Gasteiger partial charge in [0.05, 0.1) is 4.47 Å². The van der Waals surface area contributed by atoms with Crippen LogP contribution in [0.1, 0.15) is 18.5 Å². The van der Waals surface area contributed by atoms with Crippen LogP contribution in [0.2, 0.25) is 0 Å². The standard InChI is InChI=1S/C14H14BrFN2O/c1-9(17-2)10-3-6-14(18-8-10)19-11-4-5-13(16)12(15)7-11/h3-9,17H,1-2H3. The predicted molar refractivity (Wildman–Crippen MR) is 75.9 cm³/mol. The number of hydrogen-bond donors (Lipinski definition) is 1. The Kier molecular flexibility index (Phi) is 4.50. The van der Waals surface area contributed by atoms with Crippen LogP contribution in [0.4, 0.5) is 4.39 Å². The Bertz CT molecular complexity index is 560. The first-order valence-corrected chi connectivity index (χ1v) is 6.65. The van der Waals surface area contributed by atoms with E-state index in [-0.39, 0.29) is 11.9 Å². The summed E-state index contributed by atoms with van der Waals surface area (Å²) in [6.07, 6.45) is 1.76. The van der Waals surface area contributed by atoms with Crippen molar-refractivity contribution < 1.29 is 9.13 Å². The Balaban J connectivity index is 2.12. The highest BCUT2D eigenvalue weighted by Gasteiger charge is 2.05. The van der Waals surface area contributed by atoms with E-state index in [1.165, 1.54) is 6.07 Å². The van der Waals surface area contributed by atoms with Crippen molar-refractivity contribution in [2.75, 3.05) is 7.05 Å². The zero-order valence-electron chi connectivity index (χ0n) is 10.7. The molecule has 1 heterocycles. The van der Waals surface area contributed by atoms with Gasteiger partial charge in [-0.3, -0.25) is 0 Å². The van der Waals surface area contributed by atoms with Gasteiger partial charge in [0.2, 0.25) is 5.88 Å². The maximum Gasteiger partial charge on any atom is 0.219 e. The lowest BCUT2D eigenvalue weighted by Gasteiger charge is -2.11. The molecule has 1 aromatic heterocycles. The molecule has 0 aliphatic rings. The van der Waals surface area contributed by atoms with Gasteiger partial charge in [0, 0.05) is 18.3 Å². The maximum atomic E-state index is 13.1. The summed E-state index contributed by atoms with van der Waals surface area (Å²) in [5.41, 5.74) is 1.08. The van der Waals surface area contributed by atoms with E-state index in [1.54, 1.807) is 24.4 Å². The van der Waals surface area contributed by atoms with Crippen molar-refractivity contribution in [3.8, 4) is 11.6 Å². The molecule has 1 unspecified atom stereocenters. The third-order valence-electron chi connectivity index (χ3n) is 2.81. The van der Waals surface area contributed by atoms with Crippen molar-refractivity contribution >= 4 is 15.9 Å². The molecule has 1 N–H and O–H groups in total. The number of pyridine rings is 1. The third kappa shape index (κ3) is 3.52. The summed E-state index contributed by atoms with van der Waals surface area (Å²) in [6.45, 7) is 2.05. The lowest BCUT2D eigenvalue weighted by molar-refractivity contribution is 0.459. The van der Waals surface area contributed by atoms with Crippen LogP contribution in [-0.4, -0.2) is 12.0 Å². The number of rotatable bonds is 4. The second-order valence-electron chi connectivity index (χ2n) is 4.12. The van der Waals surface area contributed by atoms with E-state index in [1.807, 2.05) is 13.1 Å². The van der Waals surface area contributed by atoms with E-state index in [0.717, 1.165) is 5.56 Å². The predicted octanol–water partition coefficient (Wildman–Crippen LogP) is 4.06. The average Bonchev–Trinajstić information content (AvgIpc) is 2.43. The molecule has 2 rings (SSSR count). The molecule has 0 bridgehead atoms. The molecule has 0 saturated carbocycles. The summed E-state index contributed by atoms with van der Waals surface area (Å²) in [5.74, 6) is 0.694. The minimum atomic E-state index is -0.321. The van der Waals surface area contributed by atoms with Gasteiger partial charge in [0.15, 0.2) is 0 Å². The number of benzene rings is 1. The summed E-state index contributed by atoms with van der Waals surface area (Å²) >= 11 is 3.12. The molecule has 2 aromatic rings. The third-order valence-corrected chi connectivity index (χ3v) is 3.41. The molecular formula is C14H14BrFN2O. The first kappa shape index (κ1) is 14.0. The highest BCUT2D eigenvalue weighted by atomic mass is 79.9. The van der Waals surface area contributed by atoms with Crippen molar-refractivity contribution in [1.29, 1.82) is 0 Å². The number of aromatic nitrogens is 1. The van der Waals surface area contributed by atoms with E-state index in [4.69, 9.17) is 4.74 Å². The van der Waals surface area contributed by atoms with Crippen molar-refractivity contribution in [3.63, 3.8) is 0 Å². The number of halogens is 2. The van der Waals surface area contributed by atoms with Gasteiger partial charge in [-0.05, 0) is 53.7 Å². The van der Waals surface area contributed by atoms with Gasteiger partial charge in [-0.1, -0.05) is 6.07 Å². The fourth-order valence-corrected chi connectivity index (χ4v) is 1.89. The van der Waals surface area contributed by atoms with Crippen LogP contribution in [0, 0.1) is 5.82 Å². The SMILES string of the molecule is CNC(C)c1ccc(Oc2ccc(F)c(Br)c2)nc1. The quantitative estimate of drug-likeness (QED) is 0.921. The Hall–Kier alpha value is -1.46. The van der Waals surface area contributed by atoms with Crippen LogP contribution in [-0.2, 0) is 0 Å². The number of ether oxygens (including phenoxy) is 1. The molecule has 0 radical (unpaired) electrons. The molecule has 100 valence electrons. The van der Waals surface area contributed by atoms with Gasteiger partial charge in [-0.2, -0.15) is 0 Å². The molecule has 19 heavy (non-hydrogen) atoms. The minimum Gasteiger partial charge on any atom is -0.439 e. The maximum absolute atomic E-state index is 13.1. The van der Waals surface area contributed by atoms with Gasteiger partial charge < -0.3 is 10.1 Å². The smallest absolute Gasteiger partial charge is 0.219 e.